The first-order chi connectivity index (χ1) is 16.2. The van der Waals surface area contributed by atoms with E-state index in [4.69, 9.17) is 4.74 Å². The Morgan fingerprint density at radius 2 is 1.79 bits per heavy atom. The zero-order valence-corrected chi connectivity index (χ0v) is 19.3. The number of rotatable bonds is 5. The number of nitrogens with one attached hydrogen (secondary N) is 1. The summed E-state index contributed by atoms with van der Waals surface area (Å²) in [6.45, 7) is 0.830. The minimum Gasteiger partial charge on any atom is -0.394 e. The van der Waals surface area contributed by atoms with Gasteiger partial charge in [-0.25, -0.2) is 4.39 Å². The maximum absolute atomic E-state index is 13.3. The zero-order chi connectivity index (χ0) is 24.1. The van der Waals surface area contributed by atoms with Crippen LogP contribution in [-0.4, -0.2) is 55.4 Å². The number of hydrogen-bond donors (Lipinski definition) is 5. The van der Waals surface area contributed by atoms with Crippen LogP contribution in [0, 0.1) is 5.82 Å². The van der Waals surface area contributed by atoms with Gasteiger partial charge in [-0.2, -0.15) is 0 Å². The van der Waals surface area contributed by atoms with Crippen molar-refractivity contribution in [2.45, 2.75) is 42.9 Å². The molecule has 0 amide bonds. The molecule has 0 radical (unpaired) electrons. The molecule has 0 spiro atoms. The molecule has 0 aliphatic carbocycles. The van der Waals surface area contributed by atoms with Crippen molar-refractivity contribution in [2.24, 2.45) is 0 Å². The van der Waals surface area contributed by atoms with Crippen molar-refractivity contribution in [2.75, 3.05) is 6.61 Å². The maximum atomic E-state index is 13.3. The van der Waals surface area contributed by atoms with Gasteiger partial charge in [0.25, 0.3) is 0 Å². The van der Waals surface area contributed by atoms with E-state index in [1.54, 1.807) is 12.1 Å². The summed E-state index contributed by atoms with van der Waals surface area (Å²) in [5.41, 5.74) is -1.75. The van der Waals surface area contributed by atoms with Gasteiger partial charge in [-0.05, 0) is 54.3 Å². The Morgan fingerprint density at radius 3 is 2.50 bits per heavy atom. The van der Waals surface area contributed by atoms with E-state index in [0.717, 1.165) is 26.2 Å². The lowest BCUT2D eigenvalue weighted by molar-refractivity contribution is -0.317. The van der Waals surface area contributed by atoms with Crippen molar-refractivity contribution in [3.05, 3.63) is 83.1 Å². The molecule has 2 aromatic heterocycles. The third kappa shape index (κ3) is 3.76. The van der Waals surface area contributed by atoms with Gasteiger partial charge >= 0.3 is 0 Å². The molecule has 1 fully saturated rings. The van der Waals surface area contributed by atoms with E-state index in [-0.39, 0.29) is 12.2 Å². The van der Waals surface area contributed by atoms with Crippen molar-refractivity contribution in [3.63, 3.8) is 0 Å². The van der Waals surface area contributed by atoms with Gasteiger partial charge in [-0.15, -0.1) is 11.3 Å². The maximum Gasteiger partial charge on any atom is 0.129 e. The number of thiophene rings is 1. The van der Waals surface area contributed by atoms with Crippen molar-refractivity contribution in [1.29, 1.82) is 0 Å². The van der Waals surface area contributed by atoms with E-state index in [1.165, 1.54) is 30.4 Å². The number of aliphatic hydroxyl groups excluding tert-OH is 2. The molecule has 0 bridgehead atoms. The molecule has 34 heavy (non-hydrogen) atoms. The molecular formula is C26H26FNO5S. The highest BCUT2D eigenvalue weighted by Gasteiger charge is 2.62. The summed E-state index contributed by atoms with van der Waals surface area (Å²) < 4.78 is 19.2. The Bertz CT molecular complexity index is 1270. The Morgan fingerprint density at radius 1 is 1.06 bits per heavy atom. The average molecular weight is 484 g/mol. The Balaban J connectivity index is 1.50. The highest BCUT2D eigenvalue weighted by molar-refractivity contribution is 7.15. The Labute approximate surface area is 199 Å². The van der Waals surface area contributed by atoms with E-state index in [2.05, 4.69) is 4.98 Å². The molecule has 4 aromatic rings. The third-order valence-corrected chi connectivity index (χ3v) is 7.98. The van der Waals surface area contributed by atoms with Crippen LogP contribution < -0.4 is 0 Å². The fraction of sp³-hybridized carbons (Fsp3) is 0.308. The number of aliphatic hydroxyl groups is 4. The van der Waals surface area contributed by atoms with Gasteiger partial charge in [0, 0.05) is 27.4 Å². The van der Waals surface area contributed by atoms with Gasteiger partial charge in [0.1, 0.15) is 35.3 Å². The molecule has 6 nitrogen and oxygen atoms in total. The van der Waals surface area contributed by atoms with E-state index in [9.17, 15) is 24.8 Å². The lowest BCUT2D eigenvalue weighted by Gasteiger charge is -2.54. The van der Waals surface area contributed by atoms with Crippen LogP contribution in [-0.2, 0) is 11.2 Å². The Hall–Kier alpha value is -2.59. The second-order valence-electron chi connectivity index (χ2n) is 9.01. The molecule has 178 valence electrons. The van der Waals surface area contributed by atoms with E-state index in [0.29, 0.717) is 5.69 Å². The summed E-state index contributed by atoms with van der Waals surface area (Å²) in [6.07, 6.45) is -3.68. The van der Waals surface area contributed by atoms with E-state index >= 15 is 0 Å². The molecule has 5 rings (SSSR count). The summed E-state index contributed by atoms with van der Waals surface area (Å²) in [5, 5.41) is 45.3. The van der Waals surface area contributed by atoms with Crippen LogP contribution in [0.25, 0.3) is 21.3 Å². The lowest BCUT2D eigenvalue weighted by atomic mass is 9.69. The minimum absolute atomic E-state index is 0.0659. The summed E-state index contributed by atoms with van der Waals surface area (Å²) >= 11 is 1.38. The first-order valence-corrected chi connectivity index (χ1v) is 11.9. The molecule has 1 aliphatic rings. The summed E-state index contributed by atoms with van der Waals surface area (Å²) in [4.78, 5) is 4.80. The molecule has 0 saturated carbocycles. The highest BCUT2D eigenvalue weighted by atomic mass is 32.1. The van der Waals surface area contributed by atoms with Crippen molar-refractivity contribution in [3.8, 4) is 10.4 Å². The van der Waals surface area contributed by atoms with Crippen molar-refractivity contribution >= 4 is 22.2 Å². The normalized spacial score (nSPS) is 29.5. The molecule has 0 unspecified atom stereocenters. The van der Waals surface area contributed by atoms with Crippen LogP contribution in [0.2, 0.25) is 0 Å². The first kappa shape index (κ1) is 23.2. The van der Waals surface area contributed by atoms with Gasteiger partial charge < -0.3 is 30.1 Å². The second-order valence-corrected chi connectivity index (χ2v) is 10.2. The molecule has 8 heteroatoms. The number of ether oxygens (including phenoxy) is 1. The number of aromatic amines is 1. The number of benzene rings is 2. The summed E-state index contributed by atoms with van der Waals surface area (Å²) in [6, 6.07) is 19.2. The molecule has 2 aromatic carbocycles. The zero-order valence-electron chi connectivity index (χ0n) is 18.5. The number of aromatic nitrogens is 1. The fourth-order valence-electron chi connectivity index (χ4n) is 4.72. The summed E-state index contributed by atoms with van der Waals surface area (Å²) in [5.74, 6) is -0.325. The van der Waals surface area contributed by atoms with Crippen molar-refractivity contribution in [1.82, 2.24) is 4.98 Å². The molecule has 1 aliphatic heterocycles. The number of fused-ring (bicyclic) bond motifs is 1. The fourth-order valence-corrected chi connectivity index (χ4v) is 5.82. The van der Waals surface area contributed by atoms with Crippen LogP contribution in [0.5, 0.6) is 0 Å². The van der Waals surface area contributed by atoms with Gasteiger partial charge in [-0.1, -0.05) is 30.3 Å². The minimum atomic E-state index is -2.02. The number of halogens is 1. The molecule has 5 N–H and O–H groups in total. The quantitative estimate of drug-likeness (QED) is 0.299. The van der Waals surface area contributed by atoms with Gasteiger partial charge in [0.05, 0.1) is 6.61 Å². The van der Waals surface area contributed by atoms with Gasteiger partial charge in [-0.3, -0.25) is 0 Å². The van der Waals surface area contributed by atoms with Crippen LogP contribution >= 0.6 is 11.3 Å². The molecule has 3 heterocycles. The topological polar surface area (TPSA) is 106 Å². The molecule has 5 atom stereocenters. The monoisotopic (exact) mass is 483 g/mol. The second kappa shape index (κ2) is 8.57. The van der Waals surface area contributed by atoms with E-state index < -0.39 is 36.1 Å². The van der Waals surface area contributed by atoms with Crippen LogP contribution in [0.4, 0.5) is 4.39 Å². The van der Waals surface area contributed by atoms with Crippen LogP contribution in [0.3, 0.4) is 0 Å². The van der Waals surface area contributed by atoms with Gasteiger partial charge in [0.2, 0.25) is 0 Å². The van der Waals surface area contributed by atoms with Crippen LogP contribution in [0.15, 0.2) is 66.7 Å². The van der Waals surface area contributed by atoms with Crippen molar-refractivity contribution < 1.29 is 29.6 Å². The largest absolute Gasteiger partial charge is 0.394 e. The lowest BCUT2D eigenvalue weighted by Crippen LogP contribution is -2.72. The van der Waals surface area contributed by atoms with Crippen LogP contribution in [0.1, 0.15) is 23.6 Å². The third-order valence-electron chi connectivity index (χ3n) is 6.85. The predicted octanol–water partition coefficient (Wildman–Crippen LogP) is 3.55. The average Bonchev–Trinajstić information content (AvgIpc) is 3.45. The first-order valence-electron chi connectivity index (χ1n) is 11.0. The number of para-hydroxylation sites is 1. The van der Waals surface area contributed by atoms with Gasteiger partial charge in [0.15, 0.2) is 0 Å². The predicted molar refractivity (Wildman–Crippen MR) is 128 cm³/mol. The summed E-state index contributed by atoms with van der Waals surface area (Å²) in [7, 11) is 0. The SMILES string of the molecule is C[C@@]1(O)[C@@H](CO)O[C@@H](c2cc3ccccc3[nH]2)[C@H](O)[C@]1(O)Cc1ccc(-c2ccc(F)cc2)s1. The highest BCUT2D eigenvalue weighted by Crippen LogP contribution is 2.46. The van der Waals surface area contributed by atoms with E-state index in [1.807, 2.05) is 42.5 Å². The number of H-pyrrole nitrogens is 1. The number of hydrogen-bond acceptors (Lipinski definition) is 6. The molecular weight excluding hydrogens is 457 g/mol. The Kier molecular flexibility index (Phi) is 5.84. The smallest absolute Gasteiger partial charge is 0.129 e. The molecule has 1 saturated heterocycles. The standard InChI is InChI=1S/C26H26FNO5S/c1-25(31)22(14-29)33-23(20-12-16-4-2-3-5-19(16)28-20)24(30)26(25,32)13-18-10-11-21(34-18)15-6-8-17(27)9-7-15/h2-12,22-24,28-32H,13-14H2,1H3/t22-,23+,24+,25-,26-/m1/s1.